The molecule has 0 aromatic heterocycles. The topological polar surface area (TPSA) is 0 Å². The lowest BCUT2D eigenvalue weighted by atomic mass is 9.45. The Morgan fingerprint density at radius 1 is 1.50 bits per heavy atom. The number of hydrogen-bond donors (Lipinski definition) is 0. The van der Waals surface area contributed by atoms with Crippen LogP contribution in [-0.4, -0.2) is 6.71 Å². The van der Waals surface area contributed by atoms with Gasteiger partial charge in [-0.15, -0.1) is 0 Å². The van der Waals surface area contributed by atoms with Crippen LogP contribution in [0.3, 0.4) is 0 Å². The first-order chi connectivity index (χ1) is 4.83. The maximum absolute atomic E-state index is 2.39. The number of hydrogen-bond acceptors (Lipinski definition) is 0. The van der Waals surface area contributed by atoms with Crippen molar-refractivity contribution < 1.29 is 0 Å². The fourth-order valence-electron chi connectivity index (χ4n) is 2.08. The summed E-state index contributed by atoms with van der Waals surface area (Å²) in [6.45, 7) is 5.78. The van der Waals surface area contributed by atoms with Gasteiger partial charge in [-0.3, -0.25) is 0 Å². The third-order valence-corrected chi connectivity index (χ3v) is 2.77. The molecule has 1 heteroatoms. The van der Waals surface area contributed by atoms with E-state index in [1.54, 1.807) is 0 Å². The summed E-state index contributed by atoms with van der Waals surface area (Å²) in [6.07, 6.45) is 8.86. The number of rotatable bonds is 3. The second-order valence-corrected chi connectivity index (χ2v) is 3.93. The molecular weight excluding hydrogens is 119 g/mol. The summed E-state index contributed by atoms with van der Waals surface area (Å²) in [5.74, 6) is 1.03. The fourth-order valence-corrected chi connectivity index (χ4v) is 2.08. The zero-order valence-electron chi connectivity index (χ0n) is 7.40. The first kappa shape index (κ1) is 8.16. The molecule has 0 aliphatic carbocycles. The van der Waals surface area contributed by atoms with Gasteiger partial charge in [-0.25, -0.2) is 0 Å². The van der Waals surface area contributed by atoms with E-state index in [0.29, 0.717) is 0 Å². The molecule has 1 atom stereocenters. The van der Waals surface area contributed by atoms with E-state index in [1.165, 1.54) is 38.2 Å². The fraction of sp³-hybridized carbons (Fsp3) is 1.00. The van der Waals surface area contributed by atoms with Gasteiger partial charge in [0.15, 0.2) is 0 Å². The molecule has 0 aromatic rings. The molecular formula is C9H19B. The molecule has 58 valence electrons. The number of unbranched alkanes of at least 4 members (excludes halogenated alkanes) is 1. The highest BCUT2D eigenvalue weighted by molar-refractivity contribution is 6.59. The van der Waals surface area contributed by atoms with Gasteiger partial charge in [0.2, 0.25) is 0 Å². The van der Waals surface area contributed by atoms with E-state index < -0.39 is 0 Å². The molecule has 10 heavy (non-hydrogen) atoms. The van der Waals surface area contributed by atoms with E-state index in [1.807, 2.05) is 0 Å². The molecule has 1 unspecified atom stereocenters. The van der Waals surface area contributed by atoms with Crippen molar-refractivity contribution in [2.24, 2.45) is 5.92 Å². The molecule has 0 radical (unpaired) electrons. The summed E-state index contributed by atoms with van der Waals surface area (Å²) >= 11 is 0. The van der Waals surface area contributed by atoms with Gasteiger partial charge in [-0.2, -0.15) is 0 Å². The van der Waals surface area contributed by atoms with Crippen LogP contribution in [0.5, 0.6) is 0 Å². The van der Waals surface area contributed by atoms with Gasteiger partial charge in [0, 0.05) is 0 Å². The first-order valence-corrected chi connectivity index (χ1v) is 4.83. The van der Waals surface area contributed by atoms with E-state index in [2.05, 4.69) is 13.8 Å². The van der Waals surface area contributed by atoms with Crippen LogP contribution in [0.4, 0.5) is 0 Å². The molecule has 1 heterocycles. The van der Waals surface area contributed by atoms with Gasteiger partial charge in [-0.05, 0) is 0 Å². The van der Waals surface area contributed by atoms with Crippen molar-refractivity contribution >= 4 is 6.71 Å². The monoisotopic (exact) mass is 138 g/mol. The van der Waals surface area contributed by atoms with E-state index in [-0.39, 0.29) is 0 Å². The van der Waals surface area contributed by atoms with Crippen molar-refractivity contribution in [1.82, 2.24) is 0 Å². The van der Waals surface area contributed by atoms with Gasteiger partial charge in [0.05, 0.1) is 0 Å². The summed E-state index contributed by atoms with van der Waals surface area (Å²) < 4.78 is 0. The Kier molecular flexibility index (Phi) is 3.31. The normalized spacial score (nSPS) is 25.8. The van der Waals surface area contributed by atoms with E-state index >= 15 is 0 Å². The van der Waals surface area contributed by atoms with Crippen molar-refractivity contribution in [1.29, 1.82) is 0 Å². The molecule has 1 aliphatic heterocycles. The highest BCUT2D eigenvalue weighted by Crippen LogP contribution is 2.28. The third kappa shape index (κ3) is 2.36. The lowest BCUT2D eigenvalue weighted by molar-refractivity contribution is 0.658. The zero-order chi connectivity index (χ0) is 7.40. The molecule has 1 aliphatic rings. The lowest BCUT2D eigenvalue weighted by Crippen LogP contribution is -2.05. The SMILES string of the molecule is CCCCB1CCC(C)C1. The molecule has 1 fully saturated rings. The zero-order valence-corrected chi connectivity index (χ0v) is 7.40. The molecule has 0 bridgehead atoms. The molecule has 0 nitrogen and oxygen atoms in total. The minimum atomic E-state index is 1.03. The van der Waals surface area contributed by atoms with Crippen molar-refractivity contribution in [2.75, 3.05) is 0 Å². The largest absolute Gasteiger partial charge is 0.140 e. The Hall–Kier alpha value is 0.0649. The van der Waals surface area contributed by atoms with Gasteiger partial charge in [-0.1, -0.05) is 58.0 Å². The van der Waals surface area contributed by atoms with Gasteiger partial charge in [0.25, 0.3) is 0 Å². The van der Waals surface area contributed by atoms with Crippen LogP contribution in [0.25, 0.3) is 0 Å². The molecule has 0 N–H and O–H groups in total. The van der Waals surface area contributed by atoms with Crippen LogP contribution in [-0.2, 0) is 0 Å². The summed E-state index contributed by atoms with van der Waals surface area (Å²) in [7, 11) is 0. The highest BCUT2D eigenvalue weighted by Gasteiger charge is 2.23. The van der Waals surface area contributed by atoms with Gasteiger partial charge >= 0.3 is 0 Å². The Morgan fingerprint density at radius 2 is 2.30 bits per heavy atom. The van der Waals surface area contributed by atoms with E-state index in [4.69, 9.17) is 0 Å². The van der Waals surface area contributed by atoms with Gasteiger partial charge in [0.1, 0.15) is 6.71 Å². The highest BCUT2D eigenvalue weighted by atomic mass is 14.1. The predicted molar refractivity (Wildman–Crippen MR) is 48.9 cm³/mol. The molecule has 1 saturated heterocycles. The van der Waals surface area contributed by atoms with Crippen LogP contribution >= 0.6 is 0 Å². The van der Waals surface area contributed by atoms with Crippen LogP contribution in [0.2, 0.25) is 19.0 Å². The molecule has 1 rings (SSSR count). The molecule has 0 saturated carbocycles. The Morgan fingerprint density at radius 3 is 2.80 bits per heavy atom. The Balaban J connectivity index is 2.06. The Bertz CT molecular complexity index is 90.7. The maximum Gasteiger partial charge on any atom is 0.140 e. The van der Waals surface area contributed by atoms with Crippen LogP contribution in [0.15, 0.2) is 0 Å². The first-order valence-electron chi connectivity index (χ1n) is 4.83. The predicted octanol–water partition coefficient (Wildman–Crippen LogP) is 3.32. The smallest absolute Gasteiger partial charge is 0.0741 e. The van der Waals surface area contributed by atoms with Crippen molar-refractivity contribution in [3.05, 3.63) is 0 Å². The maximum atomic E-state index is 2.39. The molecule has 0 aromatic carbocycles. The van der Waals surface area contributed by atoms with Crippen LogP contribution < -0.4 is 0 Å². The van der Waals surface area contributed by atoms with Gasteiger partial charge < -0.3 is 0 Å². The third-order valence-electron chi connectivity index (χ3n) is 2.77. The summed E-state index contributed by atoms with van der Waals surface area (Å²) in [6, 6.07) is 0. The quantitative estimate of drug-likeness (QED) is 0.524. The molecule has 0 amide bonds. The van der Waals surface area contributed by atoms with Crippen molar-refractivity contribution in [3.8, 4) is 0 Å². The minimum Gasteiger partial charge on any atom is -0.0741 e. The van der Waals surface area contributed by atoms with Crippen LogP contribution in [0.1, 0.15) is 33.1 Å². The van der Waals surface area contributed by atoms with Crippen molar-refractivity contribution in [2.45, 2.75) is 52.1 Å². The van der Waals surface area contributed by atoms with Crippen LogP contribution in [0, 0.1) is 5.92 Å². The molecule has 0 spiro atoms. The lowest BCUT2D eigenvalue weighted by Gasteiger charge is -2.02. The summed E-state index contributed by atoms with van der Waals surface area (Å²) in [4.78, 5) is 0. The average molecular weight is 138 g/mol. The Labute approximate surface area is 65.5 Å². The summed E-state index contributed by atoms with van der Waals surface area (Å²) in [5.41, 5.74) is 0. The second kappa shape index (κ2) is 4.05. The second-order valence-electron chi connectivity index (χ2n) is 3.93. The van der Waals surface area contributed by atoms with Crippen molar-refractivity contribution in [3.63, 3.8) is 0 Å². The van der Waals surface area contributed by atoms with E-state index in [0.717, 1.165) is 12.6 Å². The average Bonchev–Trinajstić information content (AvgIpc) is 2.31. The minimum absolute atomic E-state index is 1.03. The standard InChI is InChI=1S/C9H19B/c1-3-4-6-10-7-5-9(2)8-10/h9H,3-8H2,1-2H3. The summed E-state index contributed by atoms with van der Waals surface area (Å²) in [5, 5.41) is 0. The van der Waals surface area contributed by atoms with E-state index in [9.17, 15) is 0 Å².